The van der Waals surface area contributed by atoms with E-state index in [1.54, 1.807) is 0 Å². The van der Waals surface area contributed by atoms with E-state index in [1.807, 2.05) is 0 Å². The predicted octanol–water partition coefficient (Wildman–Crippen LogP) is 1.13. The third-order valence-corrected chi connectivity index (χ3v) is 4.87. The van der Waals surface area contributed by atoms with E-state index >= 15 is 0 Å². The van der Waals surface area contributed by atoms with Gasteiger partial charge in [0.05, 0.1) is 0 Å². The van der Waals surface area contributed by atoms with E-state index in [0.29, 0.717) is 0 Å². The Labute approximate surface area is 196 Å². The molecule has 0 atom stereocenters. The van der Waals surface area contributed by atoms with E-state index in [9.17, 15) is 0 Å². The number of hydrogen-bond donors (Lipinski definition) is 0. The minimum absolute atomic E-state index is 0. The van der Waals surface area contributed by atoms with Crippen molar-refractivity contribution in [2.24, 2.45) is 0 Å². The van der Waals surface area contributed by atoms with Gasteiger partial charge in [0.2, 0.25) is 0 Å². The van der Waals surface area contributed by atoms with Crippen molar-refractivity contribution in [3.63, 3.8) is 0 Å². The fourth-order valence-corrected chi connectivity index (χ4v) is 3.29. The molecule has 0 amide bonds. The summed E-state index contributed by atoms with van der Waals surface area (Å²) in [6, 6.07) is 18.4. The van der Waals surface area contributed by atoms with Gasteiger partial charge < -0.3 is 24.8 Å². The second-order valence-corrected chi connectivity index (χ2v) is 9.14. The summed E-state index contributed by atoms with van der Waals surface area (Å²) in [5.41, 5.74) is 7.12. The fraction of sp³-hybridized carbons (Fsp3) is 0.375. The van der Waals surface area contributed by atoms with E-state index in [1.165, 1.54) is 38.6 Å². The van der Waals surface area contributed by atoms with E-state index in [-0.39, 0.29) is 61.5 Å². The van der Waals surface area contributed by atoms with E-state index in [4.69, 9.17) is 0 Å². The first-order valence-corrected chi connectivity index (χ1v) is 8.88. The van der Waals surface area contributed by atoms with Gasteiger partial charge in [0, 0.05) is 25.8 Å². The molecule has 0 aliphatic carbocycles. The third kappa shape index (κ3) is 5.75. The maximum absolute atomic E-state index is 2.39. The summed E-state index contributed by atoms with van der Waals surface area (Å²) >= 11 is 0. The SMILES string of the molecule is Cc1cc2c(-c3cc(C(C)(C)C)cc(C(C)(C)C)c3)cccc2[cH-]1.[Cl-].[Cl-].[Hf]. The molecule has 0 saturated heterocycles. The Balaban J connectivity index is 0.00000225. The van der Waals surface area contributed by atoms with Crippen molar-refractivity contribution >= 4 is 10.8 Å². The molecule has 0 radical (unpaired) electrons. The van der Waals surface area contributed by atoms with Crippen molar-refractivity contribution in [2.45, 2.75) is 59.3 Å². The summed E-state index contributed by atoms with van der Waals surface area (Å²) in [5.74, 6) is 0. The van der Waals surface area contributed by atoms with Gasteiger partial charge in [0.15, 0.2) is 0 Å². The van der Waals surface area contributed by atoms with Gasteiger partial charge in [-0.2, -0.15) is 6.07 Å². The Kier molecular flexibility index (Phi) is 9.16. The zero-order valence-corrected chi connectivity index (χ0v) is 22.5. The van der Waals surface area contributed by atoms with Crippen molar-refractivity contribution in [1.29, 1.82) is 0 Å². The van der Waals surface area contributed by atoms with Crippen LogP contribution in [0.15, 0.2) is 48.5 Å². The summed E-state index contributed by atoms with van der Waals surface area (Å²) in [5, 5.41) is 2.70. The second-order valence-electron chi connectivity index (χ2n) is 9.14. The van der Waals surface area contributed by atoms with E-state index in [0.717, 1.165) is 0 Å². The molecule has 0 aliphatic heterocycles. The van der Waals surface area contributed by atoms with Crippen LogP contribution < -0.4 is 24.8 Å². The molecule has 3 aromatic rings. The van der Waals surface area contributed by atoms with Crippen LogP contribution in [0.2, 0.25) is 0 Å². The summed E-state index contributed by atoms with van der Waals surface area (Å²) in [6.45, 7) is 16.0. The van der Waals surface area contributed by atoms with Crippen molar-refractivity contribution < 1.29 is 50.7 Å². The Morgan fingerprint density at radius 2 is 1.26 bits per heavy atom. The maximum Gasteiger partial charge on any atom is 0 e. The molecule has 27 heavy (non-hydrogen) atoms. The molecule has 0 aliphatic rings. The van der Waals surface area contributed by atoms with Gasteiger partial charge in [0.25, 0.3) is 0 Å². The zero-order valence-electron chi connectivity index (χ0n) is 17.4. The number of fused-ring (bicyclic) bond motifs is 1. The second kappa shape index (κ2) is 9.33. The predicted molar refractivity (Wildman–Crippen MR) is 107 cm³/mol. The van der Waals surface area contributed by atoms with Gasteiger partial charge in [-0.3, -0.25) is 0 Å². The number of aryl methyl sites for hydroxylation is 1. The Hall–Kier alpha value is -0.500. The molecule has 0 saturated carbocycles. The molecule has 0 aromatic heterocycles. The molecule has 146 valence electrons. The molecule has 0 N–H and O–H groups in total. The van der Waals surface area contributed by atoms with Crippen LogP contribution in [0.5, 0.6) is 0 Å². The summed E-state index contributed by atoms with van der Waals surface area (Å²) < 4.78 is 0. The van der Waals surface area contributed by atoms with Crippen molar-refractivity contribution in [1.82, 2.24) is 0 Å². The Morgan fingerprint density at radius 1 is 0.741 bits per heavy atom. The van der Waals surface area contributed by atoms with Gasteiger partial charge in [-0.05, 0) is 27.5 Å². The topological polar surface area (TPSA) is 0 Å². The fourth-order valence-electron chi connectivity index (χ4n) is 3.29. The molecule has 0 bridgehead atoms. The van der Waals surface area contributed by atoms with Crippen LogP contribution in [0.1, 0.15) is 58.2 Å². The van der Waals surface area contributed by atoms with Crippen LogP contribution in [0, 0.1) is 6.92 Å². The van der Waals surface area contributed by atoms with Gasteiger partial charge in [-0.25, -0.2) is 0 Å². The Bertz CT molecular complexity index is 861. The molecule has 0 spiro atoms. The van der Waals surface area contributed by atoms with Crippen molar-refractivity contribution in [3.05, 3.63) is 65.2 Å². The van der Waals surface area contributed by atoms with Crippen LogP contribution in [-0.2, 0) is 36.7 Å². The molecule has 3 heteroatoms. The molecular formula is C24H29Cl2Hf-3. The van der Waals surface area contributed by atoms with Crippen molar-refractivity contribution in [2.75, 3.05) is 0 Å². The third-order valence-electron chi connectivity index (χ3n) is 4.87. The molecule has 0 nitrogen and oxygen atoms in total. The van der Waals surface area contributed by atoms with Crippen LogP contribution in [0.3, 0.4) is 0 Å². The summed E-state index contributed by atoms with van der Waals surface area (Å²) in [7, 11) is 0. The number of rotatable bonds is 1. The standard InChI is InChI=1S/C24H29.2ClH.Hf/c1-16-11-17-9-8-10-21(22(17)12-16)18-13-19(23(2,3)4)15-20(14-18)24(5,6)7;;;/h8-15H,1-7H3;2*1H;/q-1;;;/p-2. The molecule has 0 fully saturated rings. The summed E-state index contributed by atoms with van der Waals surface area (Å²) in [6.07, 6.45) is 0. The average molecular weight is 567 g/mol. The first-order chi connectivity index (χ1) is 11.1. The smallest absolute Gasteiger partial charge is 0 e. The monoisotopic (exact) mass is 567 g/mol. The number of benzene rings is 2. The molecule has 0 heterocycles. The van der Waals surface area contributed by atoms with Gasteiger partial charge in [0.1, 0.15) is 0 Å². The minimum Gasteiger partial charge on any atom is -1.00 e. The van der Waals surface area contributed by atoms with Crippen LogP contribution in [-0.4, -0.2) is 0 Å². The molecule has 3 aromatic carbocycles. The zero-order chi connectivity index (χ0) is 17.7. The van der Waals surface area contributed by atoms with E-state index < -0.39 is 0 Å². The first-order valence-electron chi connectivity index (χ1n) is 8.88. The minimum atomic E-state index is 0. The van der Waals surface area contributed by atoms with Gasteiger partial charge in [-0.1, -0.05) is 78.3 Å². The van der Waals surface area contributed by atoms with Gasteiger partial charge in [-0.15, -0.1) is 34.5 Å². The van der Waals surface area contributed by atoms with Crippen LogP contribution in [0.25, 0.3) is 21.9 Å². The van der Waals surface area contributed by atoms with Crippen molar-refractivity contribution in [3.8, 4) is 11.1 Å². The number of hydrogen-bond acceptors (Lipinski definition) is 0. The molecule has 3 rings (SSSR count). The largest absolute Gasteiger partial charge is 1.00 e. The quantitative estimate of drug-likeness (QED) is 0.306. The molecule has 0 unspecified atom stereocenters. The Morgan fingerprint density at radius 3 is 1.74 bits per heavy atom. The first kappa shape index (κ1) is 26.5. The molecular weight excluding hydrogens is 538 g/mol. The normalized spacial score (nSPS) is 11.4. The maximum atomic E-state index is 2.39. The number of halogens is 2. The van der Waals surface area contributed by atoms with Crippen LogP contribution in [0.4, 0.5) is 0 Å². The van der Waals surface area contributed by atoms with E-state index in [2.05, 4.69) is 97.0 Å². The average Bonchev–Trinajstić information content (AvgIpc) is 2.84. The van der Waals surface area contributed by atoms with Crippen LogP contribution >= 0.6 is 0 Å². The summed E-state index contributed by atoms with van der Waals surface area (Å²) in [4.78, 5) is 0. The van der Waals surface area contributed by atoms with Gasteiger partial charge >= 0.3 is 0 Å².